The molecule has 0 N–H and O–H groups in total. The smallest absolute Gasteiger partial charge is 0.210 e. The van der Waals surface area contributed by atoms with Gasteiger partial charge in [0, 0.05) is 22.4 Å². The second kappa shape index (κ2) is 13.5. The molecule has 10 rings (SSSR count). The van der Waals surface area contributed by atoms with Gasteiger partial charge >= 0.3 is 0 Å². The third kappa shape index (κ3) is 5.72. The normalized spacial score (nSPS) is 13.6. The van der Waals surface area contributed by atoms with Crippen LogP contribution in [0.3, 0.4) is 0 Å². The minimum absolute atomic E-state index is 0.143. The lowest BCUT2D eigenvalue weighted by Crippen LogP contribution is -2.39. The van der Waals surface area contributed by atoms with Crippen molar-refractivity contribution in [3.05, 3.63) is 211 Å². The van der Waals surface area contributed by atoms with E-state index in [9.17, 15) is 0 Å². The first-order valence-corrected chi connectivity index (χ1v) is 19.6. The average molecular weight is 704 g/mol. The lowest BCUT2D eigenvalue weighted by atomic mass is 9.41. The molecule has 0 aromatic heterocycles. The van der Waals surface area contributed by atoms with Crippen LogP contribution in [0.4, 0.5) is 17.1 Å². The average Bonchev–Trinajstić information content (AvgIpc) is 3.78. The summed E-state index contributed by atoms with van der Waals surface area (Å²) < 4.78 is 0. The predicted molar refractivity (Wildman–Crippen MR) is 235 cm³/mol. The molecule has 1 heterocycles. The summed E-state index contributed by atoms with van der Waals surface area (Å²) in [5, 5.41) is 0. The molecule has 2 aliphatic rings. The number of nitrogens with zero attached hydrogens (tertiary/aromatic N) is 1. The molecule has 8 aromatic rings. The van der Waals surface area contributed by atoms with E-state index in [1.807, 2.05) is 0 Å². The van der Waals surface area contributed by atoms with Gasteiger partial charge in [-0.05, 0) is 98.5 Å². The van der Waals surface area contributed by atoms with Crippen molar-refractivity contribution in [1.29, 1.82) is 0 Å². The van der Waals surface area contributed by atoms with Gasteiger partial charge in [0.05, 0.1) is 5.69 Å². The van der Waals surface area contributed by atoms with Crippen LogP contribution in [0.25, 0.3) is 44.5 Å². The van der Waals surface area contributed by atoms with Crippen LogP contribution >= 0.6 is 0 Å². The second-order valence-corrected chi connectivity index (χ2v) is 15.6. The zero-order valence-corrected chi connectivity index (χ0v) is 31.4. The molecule has 0 saturated heterocycles. The van der Waals surface area contributed by atoms with Crippen LogP contribution in [-0.4, -0.2) is 6.71 Å². The fraction of sp³-hybridized carbons (Fsp3) is 0.0943. The van der Waals surface area contributed by atoms with E-state index in [0.29, 0.717) is 6.71 Å². The van der Waals surface area contributed by atoms with E-state index in [0.717, 1.165) is 24.1 Å². The second-order valence-electron chi connectivity index (χ2n) is 15.6. The van der Waals surface area contributed by atoms with Gasteiger partial charge in [0.25, 0.3) is 0 Å². The van der Waals surface area contributed by atoms with Crippen molar-refractivity contribution in [1.82, 2.24) is 0 Å². The van der Waals surface area contributed by atoms with Crippen molar-refractivity contribution in [2.45, 2.75) is 32.0 Å². The lowest BCUT2D eigenvalue weighted by Gasteiger charge is -2.31. The van der Waals surface area contributed by atoms with Gasteiger partial charge in [-0.3, -0.25) is 0 Å². The third-order valence-electron chi connectivity index (χ3n) is 12.2. The van der Waals surface area contributed by atoms with Crippen LogP contribution in [0.5, 0.6) is 0 Å². The molecule has 0 radical (unpaired) electrons. The Morgan fingerprint density at radius 2 is 0.964 bits per heavy atom. The van der Waals surface area contributed by atoms with Crippen molar-refractivity contribution < 1.29 is 0 Å². The van der Waals surface area contributed by atoms with Gasteiger partial charge in [-0.1, -0.05) is 189 Å². The Hall–Kier alpha value is -6.38. The minimum atomic E-state index is -0.143. The Kier molecular flexibility index (Phi) is 8.14. The predicted octanol–water partition coefficient (Wildman–Crippen LogP) is 12.6. The maximum atomic E-state index is 2.52. The Bertz CT molecular complexity index is 2560. The highest BCUT2D eigenvalue weighted by atomic mass is 15.1. The van der Waals surface area contributed by atoms with Crippen molar-refractivity contribution >= 4 is 34.7 Å². The van der Waals surface area contributed by atoms with Crippen molar-refractivity contribution in [2.24, 2.45) is 0 Å². The lowest BCUT2D eigenvalue weighted by molar-refractivity contribution is 0.660. The number of benzene rings is 8. The monoisotopic (exact) mass is 703 g/mol. The summed E-state index contributed by atoms with van der Waals surface area (Å²) in [6.07, 6.45) is 2.18. The molecule has 0 amide bonds. The van der Waals surface area contributed by atoms with Gasteiger partial charge in [-0.15, -0.1) is 0 Å². The summed E-state index contributed by atoms with van der Waals surface area (Å²) >= 11 is 0. The van der Waals surface area contributed by atoms with Crippen LogP contribution in [0.15, 0.2) is 194 Å². The summed E-state index contributed by atoms with van der Waals surface area (Å²) in [6, 6.07) is 71.8. The Morgan fingerprint density at radius 3 is 1.58 bits per heavy atom. The van der Waals surface area contributed by atoms with Crippen LogP contribution in [0, 0.1) is 0 Å². The van der Waals surface area contributed by atoms with Gasteiger partial charge in [-0.2, -0.15) is 0 Å². The maximum Gasteiger partial charge on any atom is 0.210 e. The molecule has 0 unspecified atom stereocenters. The third-order valence-corrected chi connectivity index (χ3v) is 12.2. The van der Waals surface area contributed by atoms with E-state index in [1.54, 1.807) is 0 Å². The highest BCUT2D eigenvalue weighted by Gasteiger charge is 2.38. The molecule has 0 fully saturated rings. The molecule has 8 aromatic carbocycles. The van der Waals surface area contributed by atoms with E-state index in [-0.39, 0.29) is 5.41 Å². The molecule has 262 valence electrons. The molecule has 0 atom stereocenters. The first-order chi connectivity index (χ1) is 27.0. The number of fused-ring (bicyclic) bond motifs is 4. The van der Waals surface area contributed by atoms with E-state index in [2.05, 4.69) is 213 Å². The molecule has 0 saturated carbocycles. The zero-order valence-electron chi connectivity index (χ0n) is 31.4. The van der Waals surface area contributed by atoms with Crippen LogP contribution < -0.4 is 15.8 Å². The summed E-state index contributed by atoms with van der Waals surface area (Å²) in [4.78, 5) is 2.50. The Morgan fingerprint density at radius 1 is 0.436 bits per heavy atom. The molecule has 0 bridgehead atoms. The number of hydrogen-bond donors (Lipinski definition) is 0. The Labute approximate surface area is 325 Å². The van der Waals surface area contributed by atoms with Gasteiger partial charge in [-0.25, -0.2) is 0 Å². The van der Waals surface area contributed by atoms with Crippen molar-refractivity contribution in [3.63, 3.8) is 0 Å². The molecule has 1 nitrogen and oxygen atoms in total. The van der Waals surface area contributed by atoms with E-state index < -0.39 is 0 Å². The molecule has 1 aliphatic heterocycles. The largest absolute Gasteiger partial charge is 0.310 e. The fourth-order valence-electron chi connectivity index (χ4n) is 9.37. The summed E-state index contributed by atoms with van der Waals surface area (Å²) in [6.45, 7) is 5.18. The number of hydrogen-bond acceptors (Lipinski definition) is 1. The SMILES string of the molecule is CC1(C)c2ccccc2-c2cc(-c3cccc4c3CCB4c3ccccc3)c(N(c3ccc(-c4ccccc4)cc3)c3ccc(-c4ccccc4)cc3)cc21. The van der Waals surface area contributed by atoms with Crippen LogP contribution in [0.1, 0.15) is 30.5 Å². The number of rotatable bonds is 7. The standard InChI is InChI=1S/C53H42BN/c1-53(2)49-23-13-12-21-45(49)47-35-48(44-22-14-24-51-46(44)33-34-54(51)41-19-10-5-11-20-41)52(36-50(47)53)55(42-29-25-39(26-30-42)37-15-6-3-7-16-37)43-31-27-40(28-32-43)38-17-8-4-9-18-38/h3-32,35-36H,33-34H2,1-2H3. The van der Waals surface area contributed by atoms with E-state index in [1.165, 1.54) is 77.8 Å². The first-order valence-electron chi connectivity index (χ1n) is 19.6. The topological polar surface area (TPSA) is 3.24 Å². The molecule has 55 heavy (non-hydrogen) atoms. The van der Waals surface area contributed by atoms with E-state index >= 15 is 0 Å². The van der Waals surface area contributed by atoms with Crippen LogP contribution in [0.2, 0.25) is 6.32 Å². The Balaban J connectivity index is 1.21. The van der Waals surface area contributed by atoms with Gasteiger partial charge in [0.2, 0.25) is 6.71 Å². The fourth-order valence-corrected chi connectivity index (χ4v) is 9.37. The molecule has 0 spiro atoms. The summed E-state index contributed by atoms with van der Waals surface area (Å²) in [7, 11) is 0. The maximum absolute atomic E-state index is 2.52. The van der Waals surface area contributed by atoms with Gasteiger partial charge in [0.15, 0.2) is 0 Å². The minimum Gasteiger partial charge on any atom is -0.310 e. The van der Waals surface area contributed by atoms with Crippen molar-refractivity contribution in [3.8, 4) is 44.5 Å². The summed E-state index contributed by atoms with van der Waals surface area (Å²) in [5.74, 6) is 0. The highest BCUT2D eigenvalue weighted by Crippen LogP contribution is 2.54. The highest BCUT2D eigenvalue weighted by molar-refractivity contribution is 6.86. The number of anilines is 3. The van der Waals surface area contributed by atoms with Crippen molar-refractivity contribution in [2.75, 3.05) is 4.90 Å². The molecule has 2 heteroatoms. The molecule has 1 aliphatic carbocycles. The molecular weight excluding hydrogens is 661 g/mol. The van der Waals surface area contributed by atoms with Gasteiger partial charge in [0.1, 0.15) is 0 Å². The quantitative estimate of drug-likeness (QED) is 0.149. The van der Waals surface area contributed by atoms with E-state index in [4.69, 9.17) is 0 Å². The molecular formula is C53H42BN. The van der Waals surface area contributed by atoms with Crippen LogP contribution in [-0.2, 0) is 11.8 Å². The van der Waals surface area contributed by atoms with Gasteiger partial charge < -0.3 is 4.90 Å². The zero-order chi connectivity index (χ0) is 36.9. The first kappa shape index (κ1) is 33.2. The summed E-state index contributed by atoms with van der Waals surface area (Å²) in [5.41, 5.74) is 20.6.